The molecule has 0 aliphatic carbocycles. The first-order valence-electron chi connectivity index (χ1n) is 18.4. The van der Waals surface area contributed by atoms with Gasteiger partial charge >= 0.3 is 11.9 Å². The normalized spacial score (nSPS) is 10.8. The predicted octanol–water partition coefficient (Wildman–Crippen LogP) is 7.61. The zero-order chi connectivity index (χ0) is 43.2. The van der Waals surface area contributed by atoms with E-state index in [4.69, 9.17) is 28.9 Å². The number of ether oxygens (including phenoxy) is 5. The van der Waals surface area contributed by atoms with E-state index in [0.717, 1.165) is 33.9 Å². The van der Waals surface area contributed by atoms with E-state index >= 15 is 0 Å². The third kappa shape index (κ3) is 18.1. The lowest BCUT2D eigenvalue weighted by atomic mass is 10.0. The number of nitrogens with zero attached hydrogens (tertiary/aromatic N) is 2. The molecule has 3 N–H and O–H groups in total. The van der Waals surface area contributed by atoms with Crippen molar-refractivity contribution in [1.29, 1.82) is 0 Å². The molecule has 0 bridgehead atoms. The molecular formula is C46H72N4O9. The molecule has 330 valence electrons. The van der Waals surface area contributed by atoms with E-state index in [0.29, 0.717) is 32.7 Å². The molecule has 0 aliphatic rings. The molecule has 0 radical (unpaired) electrons. The molecule has 0 unspecified atom stereocenters. The van der Waals surface area contributed by atoms with Crippen molar-refractivity contribution in [3.8, 4) is 17.2 Å². The van der Waals surface area contributed by atoms with Crippen LogP contribution in [0.1, 0.15) is 73.1 Å². The molecule has 0 aromatic heterocycles. The van der Waals surface area contributed by atoms with Crippen LogP contribution in [0.4, 0.5) is 0 Å². The van der Waals surface area contributed by atoms with E-state index in [1.54, 1.807) is 66.7 Å². The minimum atomic E-state index is -0.844. The molecule has 3 aromatic carbocycles. The van der Waals surface area contributed by atoms with E-state index in [1.807, 2.05) is 96.4 Å². The van der Waals surface area contributed by atoms with E-state index in [2.05, 4.69) is 18.5 Å². The second-order valence-corrected chi connectivity index (χ2v) is 14.4. The molecule has 13 heteroatoms. The summed E-state index contributed by atoms with van der Waals surface area (Å²) in [6.07, 6.45) is 3.52. The number of hydrogen-bond acceptors (Lipinski definition) is 12. The highest BCUT2D eigenvalue weighted by Crippen LogP contribution is 2.22. The van der Waals surface area contributed by atoms with Crippen molar-refractivity contribution < 1.29 is 43.3 Å². The fourth-order valence-electron chi connectivity index (χ4n) is 5.25. The Morgan fingerprint density at radius 1 is 0.593 bits per heavy atom. The molecule has 0 saturated heterocycles. The summed E-state index contributed by atoms with van der Waals surface area (Å²) in [5.74, 6) is 1.44. The number of benzene rings is 3. The van der Waals surface area contributed by atoms with Gasteiger partial charge in [0.2, 0.25) is 0 Å². The molecule has 0 fully saturated rings. The molecule has 13 nitrogen and oxygen atoms in total. The molecule has 59 heavy (non-hydrogen) atoms. The van der Waals surface area contributed by atoms with Crippen molar-refractivity contribution in [3.05, 3.63) is 115 Å². The van der Waals surface area contributed by atoms with Crippen LogP contribution >= 0.6 is 0 Å². The maximum absolute atomic E-state index is 11.9. The van der Waals surface area contributed by atoms with Crippen molar-refractivity contribution >= 4 is 17.8 Å². The average molecular weight is 825 g/mol. The summed E-state index contributed by atoms with van der Waals surface area (Å²) in [5, 5.41) is 12.0. The SMILES string of the molecule is C.C.C=CCN(Cc1ccc(OC)cc1)C(C)(C)C(=O)NO.C=CCN(Cc1ccc(OC)cc1)C(C)(C)C(=O)OC.COC(=O)C(C)(C)NCc1ccc(OC)cc1. The summed E-state index contributed by atoms with van der Waals surface area (Å²) in [6, 6.07) is 23.1. The average Bonchev–Trinajstić information content (AvgIpc) is 3.22. The highest BCUT2D eigenvalue weighted by atomic mass is 16.5. The zero-order valence-electron chi connectivity index (χ0n) is 35.6. The maximum atomic E-state index is 11.9. The van der Waals surface area contributed by atoms with Crippen LogP contribution in [0, 0.1) is 0 Å². The Morgan fingerprint density at radius 2 is 0.932 bits per heavy atom. The summed E-state index contributed by atoms with van der Waals surface area (Å²) in [4.78, 5) is 39.1. The first-order valence-corrected chi connectivity index (χ1v) is 18.4. The van der Waals surface area contributed by atoms with Gasteiger partial charge in [-0.1, -0.05) is 63.4 Å². The zero-order valence-corrected chi connectivity index (χ0v) is 35.6. The maximum Gasteiger partial charge on any atom is 0.325 e. The largest absolute Gasteiger partial charge is 0.497 e. The number of carbonyl (C=O) groups is 3. The number of hydrogen-bond donors (Lipinski definition) is 3. The number of esters is 2. The van der Waals surface area contributed by atoms with Crippen LogP contribution in [-0.4, -0.2) is 98.1 Å². The molecule has 0 heterocycles. The van der Waals surface area contributed by atoms with Crippen LogP contribution in [-0.2, 0) is 43.5 Å². The molecule has 0 aliphatic heterocycles. The van der Waals surface area contributed by atoms with Crippen LogP contribution in [0.2, 0.25) is 0 Å². The number of nitrogens with one attached hydrogen (secondary N) is 2. The van der Waals surface area contributed by atoms with Crippen LogP contribution < -0.4 is 25.0 Å². The predicted molar refractivity (Wildman–Crippen MR) is 237 cm³/mol. The van der Waals surface area contributed by atoms with Gasteiger partial charge in [0.05, 0.1) is 41.1 Å². The third-order valence-corrected chi connectivity index (χ3v) is 9.28. The Hall–Kier alpha value is -5.21. The number of amides is 1. The van der Waals surface area contributed by atoms with Crippen molar-refractivity contribution in [1.82, 2.24) is 20.6 Å². The second kappa shape index (κ2) is 27.5. The van der Waals surface area contributed by atoms with Gasteiger partial charge in [-0.2, -0.15) is 0 Å². The van der Waals surface area contributed by atoms with Gasteiger partial charge in [-0.15, -0.1) is 13.2 Å². The molecular weight excluding hydrogens is 753 g/mol. The standard InChI is InChI=1S/C16H23NO3.C15H22N2O3.C13H19NO3.2CH4/c1-6-11-17(16(2,3)15(18)20-5)12-13-7-9-14(19-4)10-8-13;1-5-10-17(15(2,3)14(18)16-19)11-12-6-8-13(20-4)9-7-12;1-13(2,12(15)17-4)14-9-10-5-7-11(16-3)8-6-10;;/h6-10H,1,11-12H2,2-5H3;5-9,19H,1,10-11H2,2-4H3,(H,16,18);5-8,14H,9H2,1-4H3;2*1H4. The summed E-state index contributed by atoms with van der Waals surface area (Å²) >= 11 is 0. The minimum absolute atomic E-state index is 0. The van der Waals surface area contributed by atoms with Gasteiger partial charge in [0.1, 0.15) is 28.3 Å². The van der Waals surface area contributed by atoms with Crippen molar-refractivity contribution in [2.75, 3.05) is 48.6 Å². The molecule has 3 rings (SSSR count). The summed E-state index contributed by atoms with van der Waals surface area (Å²) < 4.78 is 24.9. The van der Waals surface area contributed by atoms with Crippen LogP contribution in [0.5, 0.6) is 17.2 Å². The van der Waals surface area contributed by atoms with Gasteiger partial charge in [-0.25, -0.2) is 5.48 Å². The smallest absolute Gasteiger partial charge is 0.325 e. The molecule has 1 amide bonds. The van der Waals surface area contributed by atoms with Crippen molar-refractivity contribution in [3.63, 3.8) is 0 Å². The highest BCUT2D eigenvalue weighted by molar-refractivity contribution is 5.84. The Labute approximate surface area is 354 Å². The third-order valence-electron chi connectivity index (χ3n) is 9.28. The van der Waals surface area contributed by atoms with Crippen LogP contribution in [0.15, 0.2) is 98.1 Å². The quantitative estimate of drug-likeness (QED) is 0.0473. The first-order chi connectivity index (χ1) is 26.9. The van der Waals surface area contributed by atoms with E-state index in [-0.39, 0.29) is 26.8 Å². The van der Waals surface area contributed by atoms with Gasteiger partial charge in [0.25, 0.3) is 5.91 Å². The lowest BCUT2D eigenvalue weighted by Crippen LogP contribution is -2.54. The van der Waals surface area contributed by atoms with E-state index in [1.165, 1.54) is 14.2 Å². The Morgan fingerprint density at radius 3 is 1.24 bits per heavy atom. The molecule has 3 aromatic rings. The van der Waals surface area contributed by atoms with E-state index < -0.39 is 22.5 Å². The van der Waals surface area contributed by atoms with E-state index in [9.17, 15) is 14.4 Å². The molecule has 0 spiro atoms. The minimum Gasteiger partial charge on any atom is -0.497 e. The van der Waals surface area contributed by atoms with Gasteiger partial charge in [0, 0.05) is 32.7 Å². The lowest BCUT2D eigenvalue weighted by molar-refractivity contribution is -0.153. The number of hydroxylamine groups is 1. The topological polar surface area (TPSA) is 148 Å². The fraction of sp³-hybridized carbons (Fsp3) is 0.457. The fourth-order valence-corrected chi connectivity index (χ4v) is 5.25. The second-order valence-electron chi connectivity index (χ2n) is 14.4. The summed E-state index contributed by atoms with van der Waals surface area (Å²) in [5.41, 5.74) is 2.71. The Balaban J connectivity index is 0. The van der Waals surface area contributed by atoms with Gasteiger partial charge < -0.3 is 23.7 Å². The Bertz CT molecular complexity index is 1590. The van der Waals surface area contributed by atoms with Gasteiger partial charge in [-0.3, -0.25) is 34.7 Å². The monoisotopic (exact) mass is 825 g/mol. The van der Waals surface area contributed by atoms with Crippen LogP contribution in [0.3, 0.4) is 0 Å². The number of methoxy groups -OCH3 is 5. The Kier molecular flexibility index (Phi) is 26.0. The summed E-state index contributed by atoms with van der Waals surface area (Å²) in [7, 11) is 7.68. The van der Waals surface area contributed by atoms with Gasteiger partial charge in [-0.05, 0) is 94.6 Å². The van der Waals surface area contributed by atoms with Crippen LogP contribution in [0.25, 0.3) is 0 Å². The number of carbonyl (C=O) groups excluding carboxylic acids is 3. The molecule has 0 atom stereocenters. The van der Waals surface area contributed by atoms with Crippen molar-refractivity contribution in [2.45, 2.75) is 92.6 Å². The van der Waals surface area contributed by atoms with Gasteiger partial charge in [0.15, 0.2) is 0 Å². The number of rotatable bonds is 19. The molecule has 0 saturated carbocycles. The lowest BCUT2D eigenvalue weighted by Gasteiger charge is -2.35. The van der Waals surface area contributed by atoms with Crippen molar-refractivity contribution in [2.24, 2.45) is 0 Å². The summed E-state index contributed by atoms with van der Waals surface area (Å²) in [6.45, 7) is 21.2. The first kappa shape index (κ1) is 55.9. The highest BCUT2D eigenvalue weighted by Gasteiger charge is 2.35.